The number of phenols is 2. The molecule has 3 N–H and O–H groups in total. The Morgan fingerprint density at radius 1 is 0.952 bits per heavy atom. The number of anilines is 1. The van der Waals surface area contributed by atoms with Crippen molar-refractivity contribution in [1.82, 2.24) is 0 Å². The molecule has 0 saturated carbocycles. The van der Waals surface area contributed by atoms with Gasteiger partial charge in [0, 0.05) is 17.3 Å². The molecule has 21 heavy (non-hydrogen) atoms. The molecule has 4 nitrogen and oxygen atoms in total. The Morgan fingerprint density at radius 2 is 1.62 bits per heavy atom. The zero-order valence-electron chi connectivity index (χ0n) is 12.5. The van der Waals surface area contributed by atoms with Crippen LogP contribution < -0.4 is 10.1 Å². The SMILES string of the molecule is CC(C)Oc1ccc(NC(C)c2ccc(O)cc2O)cc1. The molecule has 0 spiro atoms. The highest BCUT2D eigenvalue weighted by molar-refractivity contribution is 5.50. The van der Waals surface area contributed by atoms with Crippen LogP contribution in [0.25, 0.3) is 0 Å². The van der Waals surface area contributed by atoms with Gasteiger partial charge in [-0.2, -0.15) is 0 Å². The van der Waals surface area contributed by atoms with Crippen LogP contribution in [0.5, 0.6) is 17.2 Å². The van der Waals surface area contributed by atoms with Crippen LogP contribution >= 0.6 is 0 Å². The van der Waals surface area contributed by atoms with Crippen LogP contribution in [-0.4, -0.2) is 16.3 Å². The number of aromatic hydroxyl groups is 2. The average Bonchev–Trinajstić information content (AvgIpc) is 2.40. The second-order valence-electron chi connectivity index (χ2n) is 5.30. The Balaban J connectivity index is 2.06. The van der Waals surface area contributed by atoms with Crippen molar-refractivity contribution >= 4 is 5.69 Å². The quantitative estimate of drug-likeness (QED) is 0.776. The Hall–Kier alpha value is -2.36. The van der Waals surface area contributed by atoms with E-state index in [0.717, 1.165) is 17.0 Å². The highest BCUT2D eigenvalue weighted by Gasteiger charge is 2.11. The summed E-state index contributed by atoms with van der Waals surface area (Å²) in [7, 11) is 0. The molecular weight excluding hydrogens is 266 g/mol. The van der Waals surface area contributed by atoms with E-state index in [2.05, 4.69) is 5.32 Å². The molecular formula is C17H21NO3. The molecule has 2 rings (SSSR count). The lowest BCUT2D eigenvalue weighted by molar-refractivity contribution is 0.242. The van der Waals surface area contributed by atoms with Gasteiger partial charge in [0.05, 0.1) is 12.1 Å². The Labute approximate surface area is 125 Å². The first-order valence-corrected chi connectivity index (χ1v) is 7.01. The maximum atomic E-state index is 9.86. The van der Waals surface area contributed by atoms with Crippen molar-refractivity contribution in [3.05, 3.63) is 48.0 Å². The normalized spacial score (nSPS) is 12.2. The molecule has 0 radical (unpaired) electrons. The summed E-state index contributed by atoms with van der Waals surface area (Å²) >= 11 is 0. The zero-order chi connectivity index (χ0) is 15.4. The zero-order valence-corrected chi connectivity index (χ0v) is 12.5. The molecule has 1 atom stereocenters. The summed E-state index contributed by atoms with van der Waals surface area (Å²) in [6, 6.07) is 12.2. The van der Waals surface area contributed by atoms with Crippen molar-refractivity contribution < 1.29 is 14.9 Å². The number of hydrogen-bond donors (Lipinski definition) is 3. The number of rotatable bonds is 5. The lowest BCUT2D eigenvalue weighted by Gasteiger charge is -2.17. The molecule has 0 amide bonds. The first kappa shape index (κ1) is 15.0. The van der Waals surface area contributed by atoms with Crippen molar-refractivity contribution in [2.75, 3.05) is 5.32 Å². The topological polar surface area (TPSA) is 61.7 Å². The highest BCUT2D eigenvalue weighted by Crippen LogP contribution is 2.30. The van der Waals surface area contributed by atoms with Gasteiger partial charge in [-0.3, -0.25) is 0 Å². The van der Waals surface area contributed by atoms with Crippen LogP contribution in [0.2, 0.25) is 0 Å². The van der Waals surface area contributed by atoms with Crippen molar-refractivity contribution in [3.8, 4) is 17.2 Å². The highest BCUT2D eigenvalue weighted by atomic mass is 16.5. The van der Waals surface area contributed by atoms with Gasteiger partial charge in [-0.1, -0.05) is 0 Å². The van der Waals surface area contributed by atoms with Crippen LogP contribution in [-0.2, 0) is 0 Å². The Bertz CT molecular complexity index is 593. The number of phenolic OH excluding ortho intramolecular Hbond substituents is 2. The van der Waals surface area contributed by atoms with Crippen LogP contribution in [0.4, 0.5) is 5.69 Å². The molecule has 2 aromatic carbocycles. The van der Waals surface area contributed by atoms with E-state index in [0.29, 0.717) is 0 Å². The Kier molecular flexibility index (Phi) is 4.58. The van der Waals surface area contributed by atoms with Gasteiger partial charge >= 0.3 is 0 Å². The van der Waals surface area contributed by atoms with E-state index in [1.807, 2.05) is 45.0 Å². The van der Waals surface area contributed by atoms with Gasteiger partial charge in [0.15, 0.2) is 0 Å². The van der Waals surface area contributed by atoms with E-state index in [-0.39, 0.29) is 23.6 Å². The molecule has 0 saturated heterocycles. The summed E-state index contributed by atoms with van der Waals surface area (Å²) in [6.45, 7) is 5.92. The lowest BCUT2D eigenvalue weighted by atomic mass is 10.1. The predicted octanol–water partition coefficient (Wildman–Crippen LogP) is 4.06. The maximum Gasteiger partial charge on any atom is 0.124 e. The lowest BCUT2D eigenvalue weighted by Crippen LogP contribution is -2.07. The number of benzene rings is 2. The van der Waals surface area contributed by atoms with Gasteiger partial charge in [0.25, 0.3) is 0 Å². The Morgan fingerprint density at radius 3 is 2.19 bits per heavy atom. The second-order valence-corrected chi connectivity index (χ2v) is 5.30. The van der Waals surface area contributed by atoms with Crippen LogP contribution in [0.3, 0.4) is 0 Å². The molecule has 112 valence electrons. The minimum absolute atomic E-state index is 0.0543. The summed E-state index contributed by atoms with van der Waals surface area (Å²) in [5.74, 6) is 0.962. The molecule has 2 aromatic rings. The number of hydrogen-bond acceptors (Lipinski definition) is 4. The van der Waals surface area contributed by atoms with E-state index >= 15 is 0 Å². The molecule has 0 aromatic heterocycles. The maximum absolute atomic E-state index is 9.86. The first-order valence-electron chi connectivity index (χ1n) is 7.01. The summed E-state index contributed by atoms with van der Waals surface area (Å²) in [4.78, 5) is 0. The van der Waals surface area contributed by atoms with E-state index in [9.17, 15) is 10.2 Å². The fourth-order valence-corrected chi connectivity index (χ4v) is 2.13. The smallest absolute Gasteiger partial charge is 0.124 e. The molecule has 0 aliphatic rings. The van der Waals surface area contributed by atoms with Crippen molar-refractivity contribution in [2.45, 2.75) is 32.9 Å². The van der Waals surface area contributed by atoms with Gasteiger partial charge in [0.1, 0.15) is 17.2 Å². The summed E-state index contributed by atoms with van der Waals surface area (Å²) in [5, 5.41) is 22.5. The minimum atomic E-state index is -0.0810. The van der Waals surface area contributed by atoms with Gasteiger partial charge in [-0.05, 0) is 57.2 Å². The fourth-order valence-electron chi connectivity index (χ4n) is 2.13. The molecule has 0 heterocycles. The first-order chi connectivity index (χ1) is 9.95. The minimum Gasteiger partial charge on any atom is -0.508 e. The summed E-state index contributed by atoms with van der Waals surface area (Å²) < 4.78 is 5.60. The molecule has 0 aliphatic carbocycles. The number of ether oxygens (including phenoxy) is 1. The van der Waals surface area contributed by atoms with Gasteiger partial charge in [0.2, 0.25) is 0 Å². The van der Waals surface area contributed by atoms with Crippen molar-refractivity contribution in [3.63, 3.8) is 0 Å². The van der Waals surface area contributed by atoms with Crippen molar-refractivity contribution in [1.29, 1.82) is 0 Å². The summed E-state index contributed by atoms with van der Waals surface area (Å²) in [5.41, 5.74) is 1.67. The van der Waals surface area contributed by atoms with Gasteiger partial charge in [-0.25, -0.2) is 0 Å². The van der Waals surface area contributed by atoms with Crippen LogP contribution in [0, 0.1) is 0 Å². The molecule has 0 fully saturated rings. The van der Waals surface area contributed by atoms with Crippen LogP contribution in [0.1, 0.15) is 32.4 Å². The average molecular weight is 287 g/mol. The predicted molar refractivity (Wildman–Crippen MR) is 84.0 cm³/mol. The van der Waals surface area contributed by atoms with Gasteiger partial charge in [-0.15, -0.1) is 0 Å². The van der Waals surface area contributed by atoms with E-state index in [1.54, 1.807) is 12.1 Å². The standard InChI is InChI=1S/C17H21NO3/c1-11(2)21-15-7-4-13(5-8-15)18-12(3)16-9-6-14(19)10-17(16)20/h4-12,18-20H,1-3H3. The fraction of sp³-hybridized carbons (Fsp3) is 0.294. The molecule has 0 bridgehead atoms. The van der Waals surface area contributed by atoms with E-state index < -0.39 is 0 Å². The monoisotopic (exact) mass is 287 g/mol. The third kappa shape index (κ3) is 4.05. The number of nitrogens with one attached hydrogen (secondary N) is 1. The van der Waals surface area contributed by atoms with E-state index in [4.69, 9.17) is 4.74 Å². The molecule has 1 unspecified atom stereocenters. The third-order valence-corrected chi connectivity index (χ3v) is 3.09. The molecule has 4 heteroatoms. The summed E-state index contributed by atoms with van der Waals surface area (Å²) in [6.07, 6.45) is 0.150. The van der Waals surface area contributed by atoms with Crippen molar-refractivity contribution in [2.24, 2.45) is 0 Å². The molecule has 0 aliphatic heterocycles. The second kappa shape index (κ2) is 6.39. The van der Waals surface area contributed by atoms with Crippen LogP contribution in [0.15, 0.2) is 42.5 Å². The van der Waals surface area contributed by atoms with E-state index in [1.165, 1.54) is 6.07 Å². The van der Waals surface area contributed by atoms with Gasteiger partial charge < -0.3 is 20.3 Å². The third-order valence-electron chi connectivity index (χ3n) is 3.09. The largest absolute Gasteiger partial charge is 0.508 e.